The molecule has 0 rings (SSSR count). The average Bonchev–Trinajstić information content (AvgIpc) is 1.89. The predicted octanol–water partition coefficient (Wildman–Crippen LogP) is 2.38. The summed E-state index contributed by atoms with van der Waals surface area (Å²) in [7, 11) is 3.08. The molecule has 0 saturated carbocycles. The molecule has 0 aliphatic heterocycles. The molecule has 0 unspecified atom stereocenters. The van der Waals surface area contributed by atoms with Crippen molar-refractivity contribution in [1.82, 2.24) is 0 Å². The lowest BCUT2D eigenvalue weighted by Crippen LogP contribution is -1.79. The molecule has 0 atom stereocenters. The molecule has 0 aromatic heterocycles. The molecule has 0 aromatic carbocycles. The maximum absolute atomic E-state index is 4.96. The zero-order chi connectivity index (χ0) is 7.33. The Morgan fingerprint density at radius 1 is 1.56 bits per heavy atom. The Morgan fingerprint density at radius 2 is 2.00 bits per heavy atom. The number of hydrogen-bond donors (Lipinski definition) is 0. The van der Waals surface area contributed by atoms with Gasteiger partial charge in [-0.3, -0.25) is 0 Å². The topological polar surface area (TPSA) is 18.5 Å². The van der Waals surface area contributed by atoms with E-state index in [1.165, 1.54) is 11.4 Å². The zero-order valence-electron chi connectivity index (χ0n) is 5.36. The van der Waals surface area contributed by atoms with E-state index < -0.39 is 5.69 Å². The van der Waals surface area contributed by atoms with Crippen molar-refractivity contribution in [3.63, 3.8) is 0 Å². The van der Waals surface area contributed by atoms with E-state index in [1.807, 2.05) is 0 Å². The average molecular weight is 184 g/mol. The maximum atomic E-state index is 4.96. The molecule has 0 aliphatic rings. The van der Waals surface area contributed by atoms with Crippen molar-refractivity contribution in [2.75, 3.05) is 14.2 Å². The fraction of sp³-hybridized carbons (Fsp3) is 0.500. The number of hydrogen-bond acceptors (Lipinski definition) is 4. The minimum absolute atomic E-state index is 1.32. The Labute approximate surface area is 64.5 Å². The molecule has 0 radical (unpaired) electrons. The SMILES string of the molecule is C=CSP(=S)(OC)OC. The monoisotopic (exact) mass is 184 g/mol. The molecule has 0 amide bonds. The first-order valence-corrected chi connectivity index (χ1v) is 6.31. The summed E-state index contributed by atoms with van der Waals surface area (Å²) in [6, 6.07) is 0. The van der Waals surface area contributed by atoms with E-state index in [-0.39, 0.29) is 0 Å². The molecule has 0 spiro atoms. The molecule has 0 fully saturated rings. The lowest BCUT2D eigenvalue weighted by molar-refractivity contribution is 0.354. The highest BCUT2D eigenvalue weighted by molar-refractivity contribution is 8.69. The fourth-order valence-corrected chi connectivity index (χ4v) is 2.37. The smallest absolute Gasteiger partial charge is 0.250 e. The van der Waals surface area contributed by atoms with Crippen molar-refractivity contribution >= 4 is 28.9 Å². The normalized spacial score (nSPS) is 11.3. The third kappa shape index (κ3) is 3.38. The van der Waals surface area contributed by atoms with E-state index in [2.05, 4.69) is 6.58 Å². The molecule has 2 nitrogen and oxygen atoms in total. The van der Waals surface area contributed by atoms with Gasteiger partial charge in [0.25, 0.3) is 5.69 Å². The van der Waals surface area contributed by atoms with Crippen molar-refractivity contribution in [2.45, 2.75) is 0 Å². The summed E-state index contributed by atoms with van der Waals surface area (Å²) < 4.78 is 9.85. The molecule has 0 N–H and O–H groups in total. The van der Waals surface area contributed by atoms with Crippen LogP contribution in [-0.2, 0) is 20.9 Å². The summed E-state index contributed by atoms with van der Waals surface area (Å²) in [4.78, 5) is 0. The van der Waals surface area contributed by atoms with Crippen molar-refractivity contribution in [2.24, 2.45) is 0 Å². The first-order chi connectivity index (χ1) is 4.18. The van der Waals surface area contributed by atoms with Gasteiger partial charge in [0.05, 0.1) is 0 Å². The quantitative estimate of drug-likeness (QED) is 0.624. The van der Waals surface area contributed by atoms with Gasteiger partial charge in [0.2, 0.25) is 0 Å². The lowest BCUT2D eigenvalue weighted by atomic mass is 11.3. The van der Waals surface area contributed by atoms with Gasteiger partial charge in [-0.2, -0.15) is 0 Å². The second-order valence-corrected chi connectivity index (χ2v) is 7.46. The maximum Gasteiger partial charge on any atom is 0.250 e. The lowest BCUT2D eigenvalue weighted by Gasteiger charge is -2.13. The van der Waals surface area contributed by atoms with Gasteiger partial charge >= 0.3 is 0 Å². The molecular weight excluding hydrogens is 175 g/mol. The van der Waals surface area contributed by atoms with Crippen LogP contribution in [0, 0.1) is 0 Å². The van der Waals surface area contributed by atoms with Crippen molar-refractivity contribution in [1.29, 1.82) is 0 Å². The van der Waals surface area contributed by atoms with Crippen LogP contribution in [0.3, 0.4) is 0 Å². The van der Waals surface area contributed by atoms with Crippen LogP contribution >= 0.6 is 17.1 Å². The summed E-state index contributed by atoms with van der Waals surface area (Å²) in [5.74, 6) is 0. The largest absolute Gasteiger partial charge is 0.325 e. The van der Waals surface area contributed by atoms with Gasteiger partial charge in [-0.25, -0.2) is 0 Å². The third-order valence-electron chi connectivity index (χ3n) is 0.651. The highest BCUT2D eigenvalue weighted by Crippen LogP contribution is 2.59. The van der Waals surface area contributed by atoms with Crippen LogP contribution in [0.5, 0.6) is 0 Å². The van der Waals surface area contributed by atoms with Crippen LogP contribution in [0.25, 0.3) is 0 Å². The Balaban J connectivity index is 3.93. The van der Waals surface area contributed by atoms with Crippen LogP contribution in [-0.4, -0.2) is 14.2 Å². The molecule has 5 heteroatoms. The predicted molar refractivity (Wildman–Crippen MR) is 46.1 cm³/mol. The van der Waals surface area contributed by atoms with Gasteiger partial charge in [-0.1, -0.05) is 6.58 Å². The molecule has 9 heavy (non-hydrogen) atoms. The standard InChI is InChI=1S/C4H9O2PS2/c1-4-9-7(8,5-2)6-3/h4H,1H2,2-3H3. The summed E-state index contributed by atoms with van der Waals surface area (Å²) in [5.41, 5.74) is -2.05. The highest BCUT2D eigenvalue weighted by atomic mass is 32.9. The Bertz CT molecular complexity index is 129. The van der Waals surface area contributed by atoms with Crippen molar-refractivity contribution in [3.05, 3.63) is 12.0 Å². The second kappa shape index (κ2) is 4.47. The van der Waals surface area contributed by atoms with Gasteiger partial charge < -0.3 is 9.05 Å². The summed E-state index contributed by atoms with van der Waals surface area (Å²) in [6.07, 6.45) is 0. The van der Waals surface area contributed by atoms with E-state index in [9.17, 15) is 0 Å². The van der Waals surface area contributed by atoms with Gasteiger partial charge in [0.1, 0.15) is 0 Å². The van der Waals surface area contributed by atoms with Crippen molar-refractivity contribution < 1.29 is 9.05 Å². The molecule has 0 saturated heterocycles. The van der Waals surface area contributed by atoms with E-state index in [0.717, 1.165) is 0 Å². The fourth-order valence-electron chi connectivity index (χ4n) is 0.252. The molecule has 0 heterocycles. The van der Waals surface area contributed by atoms with Crippen LogP contribution in [0.4, 0.5) is 0 Å². The van der Waals surface area contributed by atoms with Crippen molar-refractivity contribution in [3.8, 4) is 0 Å². The zero-order valence-corrected chi connectivity index (χ0v) is 7.89. The van der Waals surface area contributed by atoms with E-state index in [4.69, 9.17) is 20.9 Å². The van der Waals surface area contributed by atoms with Gasteiger partial charge in [-0.05, 0) is 28.6 Å². The Hall–Kier alpha value is 0.660. The number of rotatable bonds is 4. The van der Waals surface area contributed by atoms with E-state index in [0.29, 0.717) is 0 Å². The highest BCUT2D eigenvalue weighted by Gasteiger charge is 2.12. The van der Waals surface area contributed by atoms with E-state index in [1.54, 1.807) is 19.6 Å². The molecule has 54 valence electrons. The molecular formula is C4H9O2PS2. The molecule has 0 aliphatic carbocycles. The minimum Gasteiger partial charge on any atom is -0.325 e. The second-order valence-electron chi connectivity index (χ2n) is 1.08. The first-order valence-electron chi connectivity index (χ1n) is 2.19. The van der Waals surface area contributed by atoms with Gasteiger partial charge in [0.15, 0.2) is 0 Å². The Kier molecular flexibility index (Phi) is 4.80. The van der Waals surface area contributed by atoms with E-state index >= 15 is 0 Å². The van der Waals surface area contributed by atoms with Crippen LogP contribution in [0.2, 0.25) is 0 Å². The minimum atomic E-state index is -2.05. The summed E-state index contributed by atoms with van der Waals surface area (Å²) in [6.45, 7) is 3.51. The summed E-state index contributed by atoms with van der Waals surface area (Å²) >= 11 is 6.29. The Morgan fingerprint density at radius 3 is 2.11 bits per heavy atom. The van der Waals surface area contributed by atoms with Gasteiger partial charge in [-0.15, -0.1) is 0 Å². The molecule has 0 bridgehead atoms. The van der Waals surface area contributed by atoms with Crippen LogP contribution < -0.4 is 0 Å². The van der Waals surface area contributed by atoms with Crippen LogP contribution in [0.1, 0.15) is 0 Å². The first kappa shape index (κ1) is 9.66. The summed E-state index contributed by atoms with van der Waals surface area (Å²) in [5, 5.41) is 1.63. The van der Waals surface area contributed by atoms with Crippen LogP contribution in [0.15, 0.2) is 12.0 Å². The third-order valence-corrected chi connectivity index (χ3v) is 5.74. The molecule has 0 aromatic rings. The van der Waals surface area contributed by atoms with Gasteiger partial charge in [0, 0.05) is 14.2 Å².